The van der Waals surface area contributed by atoms with Crippen LogP contribution >= 0.6 is 0 Å². The molecular formula is C12H8N2Se. The molecule has 3 aromatic rings. The molecule has 0 bridgehead atoms. The number of rotatable bonds is 1. The molecule has 0 amide bonds. The second kappa shape index (κ2) is 3.61. The molecule has 0 N–H and O–H groups in total. The van der Waals surface area contributed by atoms with Crippen molar-refractivity contribution >= 4 is 24.3 Å². The van der Waals surface area contributed by atoms with E-state index in [1.807, 2.05) is 30.5 Å². The van der Waals surface area contributed by atoms with Crippen LogP contribution in [-0.4, -0.2) is 24.5 Å². The summed E-state index contributed by atoms with van der Waals surface area (Å²) in [5, 5.41) is 0. The minimum absolute atomic E-state index is 0.310. The normalized spacial score (nSPS) is 10.7. The van der Waals surface area contributed by atoms with Crippen molar-refractivity contribution in [3.8, 4) is 10.3 Å². The molecule has 3 rings (SSSR count). The number of nitrogens with zero attached hydrogens (tertiary/aromatic N) is 2. The van der Waals surface area contributed by atoms with E-state index in [1.54, 1.807) is 0 Å². The molecule has 0 atom stereocenters. The first-order chi connectivity index (χ1) is 7.43. The van der Waals surface area contributed by atoms with E-state index >= 15 is 0 Å². The van der Waals surface area contributed by atoms with Gasteiger partial charge in [0.25, 0.3) is 0 Å². The zero-order chi connectivity index (χ0) is 10.1. The van der Waals surface area contributed by atoms with E-state index in [0.717, 1.165) is 15.8 Å². The number of fused-ring (bicyclic) bond motifs is 1. The summed E-state index contributed by atoms with van der Waals surface area (Å²) in [6.45, 7) is 0. The summed E-state index contributed by atoms with van der Waals surface area (Å²) >= 11 is 0.310. The molecule has 0 aliphatic carbocycles. The molecule has 2 nitrogen and oxygen atoms in total. The summed E-state index contributed by atoms with van der Waals surface area (Å²) in [5.74, 6) is 0. The van der Waals surface area contributed by atoms with Crippen molar-refractivity contribution < 1.29 is 0 Å². The number of para-hydroxylation sites is 1. The molecule has 72 valence electrons. The first-order valence-corrected chi connectivity index (χ1v) is 6.42. The number of hydrogen-bond donors (Lipinski definition) is 0. The fraction of sp³-hybridized carbons (Fsp3) is 0. The van der Waals surface area contributed by atoms with Gasteiger partial charge in [0.15, 0.2) is 0 Å². The van der Waals surface area contributed by atoms with Crippen LogP contribution < -0.4 is 0 Å². The van der Waals surface area contributed by atoms with Crippen LogP contribution in [-0.2, 0) is 0 Å². The fourth-order valence-electron chi connectivity index (χ4n) is 1.47. The van der Waals surface area contributed by atoms with Crippen molar-refractivity contribution in [2.75, 3.05) is 0 Å². The molecule has 1 aromatic carbocycles. The molecule has 2 aromatic heterocycles. The Balaban J connectivity index is 2.21. The third kappa shape index (κ3) is 1.60. The Kier molecular flexibility index (Phi) is 2.13. The van der Waals surface area contributed by atoms with Gasteiger partial charge in [-0.2, -0.15) is 0 Å². The predicted molar refractivity (Wildman–Crippen MR) is 61.9 cm³/mol. The number of pyridine rings is 1. The van der Waals surface area contributed by atoms with Crippen LogP contribution in [0.1, 0.15) is 0 Å². The van der Waals surface area contributed by atoms with Gasteiger partial charge in [-0.25, -0.2) is 0 Å². The first kappa shape index (κ1) is 8.83. The summed E-state index contributed by atoms with van der Waals surface area (Å²) < 4.78 is 2.48. The van der Waals surface area contributed by atoms with Crippen LogP contribution in [0.4, 0.5) is 0 Å². The first-order valence-electron chi connectivity index (χ1n) is 4.70. The Labute approximate surface area is 93.4 Å². The Bertz CT molecular complexity index is 554. The van der Waals surface area contributed by atoms with E-state index in [1.165, 1.54) is 4.26 Å². The van der Waals surface area contributed by atoms with Crippen molar-refractivity contribution in [2.45, 2.75) is 0 Å². The molecule has 0 spiro atoms. The summed E-state index contributed by atoms with van der Waals surface area (Å²) in [4.78, 5) is 8.93. The van der Waals surface area contributed by atoms with Crippen LogP contribution in [0.5, 0.6) is 0 Å². The Morgan fingerprint density at radius 2 is 1.80 bits per heavy atom. The third-order valence-corrected chi connectivity index (χ3v) is 4.40. The van der Waals surface area contributed by atoms with E-state index in [-0.39, 0.29) is 0 Å². The van der Waals surface area contributed by atoms with E-state index < -0.39 is 0 Å². The molecule has 0 fully saturated rings. The average Bonchev–Trinajstić information content (AvgIpc) is 2.74. The summed E-state index contributed by atoms with van der Waals surface area (Å²) in [7, 11) is 0. The van der Waals surface area contributed by atoms with E-state index in [0.29, 0.717) is 14.5 Å². The SMILES string of the molecule is c1ccc(-c2nc3ccccc3[se]2)nc1. The van der Waals surface area contributed by atoms with Gasteiger partial charge in [-0.3, -0.25) is 0 Å². The zero-order valence-electron chi connectivity index (χ0n) is 7.92. The molecule has 0 radical (unpaired) electrons. The van der Waals surface area contributed by atoms with Crippen molar-refractivity contribution in [1.29, 1.82) is 0 Å². The predicted octanol–water partition coefficient (Wildman–Crippen LogP) is 2.35. The zero-order valence-corrected chi connectivity index (χ0v) is 9.63. The number of hydrogen-bond acceptors (Lipinski definition) is 2. The van der Waals surface area contributed by atoms with Gasteiger partial charge in [0.05, 0.1) is 0 Å². The molecule has 2 heterocycles. The minimum atomic E-state index is 0.310. The maximum atomic E-state index is 4.60. The van der Waals surface area contributed by atoms with Gasteiger partial charge in [0.2, 0.25) is 0 Å². The van der Waals surface area contributed by atoms with Gasteiger partial charge in [-0.1, -0.05) is 0 Å². The molecule has 0 aliphatic rings. The summed E-state index contributed by atoms with van der Waals surface area (Å²) in [6.07, 6.45) is 1.82. The van der Waals surface area contributed by atoms with Gasteiger partial charge in [0.1, 0.15) is 0 Å². The van der Waals surface area contributed by atoms with Crippen molar-refractivity contribution in [3.05, 3.63) is 48.7 Å². The Morgan fingerprint density at radius 3 is 2.60 bits per heavy atom. The fourth-order valence-corrected chi connectivity index (χ4v) is 3.45. The summed E-state index contributed by atoms with van der Waals surface area (Å²) in [6, 6.07) is 14.3. The number of aromatic nitrogens is 2. The Hall–Kier alpha value is -1.44. The molecule has 3 heteroatoms. The monoisotopic (exact) mass is 260 g/mol. The topological polar surface area (TPSA) is 25.8 Å². The van der Waals surface area contributed by atoms with Gasteiger partial charge in [0, 0.05) is 0 Å². The molecule has 15 heavy (non-hydrogen) atoms. The number of benzene rings is 1. The van der Waals surface area contributed by atoms with Gasteiger partial charge < -0.3 is 0 Å². The van der Waals surface area contributed by atoms with Crippen molar-refractivity contribution in [2.24, 2.45) is 0 Å². The van der Waals surface area contributed by atoms with Crippen molar-refractivity contribution in [3.63, 3.8) is 0 Å². The maximum absolute atomic E-state index is 4.60. The summed E-state index contributed by atoms with van der Waals surface area (Å²) in [5.41, 5.74) is 2.12. The van der Waals surface area contributed by atoms with Gasteiger partial charge in [-0.15, -0.1) is 0 Å². The Morgan fingerprint density at radius 1 is 0.933 bits per heavy atom. The third-order valence-electron chi connectivity index (χ3n) is 2.18. The second-order valence-corrected chi connectivity index (χ2v) is 5.36. The van der Waals surface area contributed by atoms with Crippen molar-refractivity contribution in [1.82, 2.24) is 9.97 Å². The van der Waals surface area contributed by atoms with E-state index in [4.69, 9.17) is 0 Å². The molecule has 0 saturated carbocycles. The standard InChI is InChI=1S/C12H8N2Se/c1-2-7-11-9(5-1)14-12(15-11)10-6-3-4-8-13-10/h1-8H. The van der Waals surface area contributed by atoms with Gasteiger partial charge in [-0.05, 0) is 0 Å². The van der Waals surface area contributed by atoms with Crippen LogP contribution in [0.15, 0.2) is 48.7 Å². The quantitative estimate of drug-likeness (QED) is 0.627. The van der Waals surface area contributed by atoms with E-state index in [9.17, 15) is 0 Å². The molecule has 0 aliphatic heterocycles. The second-order valence-electron chi connectivity index (χ2n) is 3.20. The molecule has 0 unspecified atom stereocenters. The van der Waals surface area contributed by atoms with Crippen LogP contribution in [0.2, 0.25) is 0 Å². The van der Waals surface area contributed by atoms with Crippen LogP contribution in [0.25, 0.3) is 20.0 Å². The molecule has 0 saturated heterocycles. The van der Waals surface area contributed by atoms with Gasteiger partial charge >= 0.3 is 93.2 Å². The van der Waals surface area contributed by atoms with Crippen LogP contribution in [0.3, 0.4) is 0 Å². The van der Waals surface area contributed by atoms with Crippen LogP contribution in [0, 0.1) is 0 Å². The molecular weight excluding hydrogens is 251 g/mol. The van der Waals surface area contributed by atoms with E-state index in [2.05, 4.69) is 28.2 Å². The average molecular weight is 259 g/mol.